The highest BCUT2D eigenvalue weighted by Gasteiger charge is 2.36. The van der Waals surface area contributed by atoms with Crippen LogP contribution in [-0.4, -0.2) is 43.0 Å². The average molecular weight is 321 g/mol. The molecule has 1 fully saturated rings. The summed E-state index contributed by atoms with van der Waals surface area (Å²) >= 11 is 0. The minimum absolute atomic E-state index is 0.0827. The van der Waals surface area contributed by atoms with Gasteiger partial charge in [-0.25, -0.2) is 0 Å². The van der Waals surface area contributed by atoms with Crippen LogP contribution in [0.2, 0.25) is 0 Å². The van der Waals surface area contributed by atoms with Gasteiger partial charge in [0, 0.05) is 44.8 Å². The van der Waals surface area contributed by atoms with Gasteiger partial charge in [-0.15, -0.1) is 0 Å². The lowest BCUT2D eigenvalue weighted by Crippen LogP contribution is -2.53. The summed E-state index contributed by atoms with van der Waals surface area (Å²) in [6.07, 6.45) is 0.811. The fourth-order valence-corrected chi connectivity index (χ4v) is 3.74. The number of rotatable bonds is 3. The molecule has 2 aliphatic heterocycles. The summed E-state index contributed by atoms with van der Waals surface area (Å²) in [7, 11) is 0. The quantitative estimate of drug-likeness (QED) is 0.940. The molecule has 0 aromatic heterocycles. The monoisotopic (exact) mass is 321 g/mol. The molecule has 2 aliphatic rings. The molecule has 1 unspecified atom stereocenters. The zero-order valence-electron chi connectivity index (χ0n) is 13.8. The molecule has 4 heteroatoms. The fourth-order valence-electron chi connectivity index (χ4n) is 3.74. The first kappa shape index (κ1) is 15.2. The zero-order chi connectivity index (χ0) is 16.4. The molecule has 4 rings (SSSR count). The smallest absolute Gasteiger partial charge is 0.245 e. The van der Waals surface area contributed by atoms with Crippen molar-refractivity contribution >= 4 is 11.6 Å². The second-order valence-electron chi connectivity index (χ2n) is 6.54. The molecule has 0 aliphatic carbocycles. The molecule has 0 spiro atoms. The highest BCUT2D eigenvalue weighted by Crippen LogP contribution is 2.34. The van der Waals surface area contributed by atoms with Crippen molar-refractivity contribution in [2.75, 3.05) is 31.1 Å². The number of fused-ring (bicyclic) bond motifs is 1. The Kier molecular flexibility index (Phi) is 4.22. The van der Waals surface area contributed by atoms with Crippen molar-refractivity contribution in [2.45, 2.75) is 19.0 Å². The van der Waals surface area contributed by atoms with Gasteiger partial charge in [-0.1, -0.05) is 48.5 Å². The second kappa shape index (κ2) is 6.65. The Hall–Kier alpha value is -2.33. The SMILES string of the molecule is O=C(C1Cc2ccccc2N1Cc1ccccc1)N1CCNCC1. The van der Waals surface area contributed by atoms with Crippen molar-refractivity contribution in [3.8, 4) is 0 Å². The van der Waals surface area contributed by atoms with Gasteiger partial charge >= 0.3 is 0 Å². The number of anilines is 1. The van der Waals surface area contributed by atoms with E-state index in [2.05, 4.69) is 58.7 Å². The van der Waals surface area contributed by atoms with Gasteiger partial charge in [0.15, 0.2) is 0 Å². The summed E-state index contributed by atoms with van der Waals surface area (Å²) in [4.78, 5) is 17.4. The van der Waals surface area contributed by atoms with E-state index in [1.807, 2.05) is 11.0 Å². The van der Waals surface area contributed by atoms with Gasteiger partial charge in [0.25, 0.3) is 0 Å². The van der Waals surface area contributed by atoms with Gasteiger partial charge in [-0.05, 0) is 17.2 Å². The Morgan fingerprint density at radius 2 is 1.71 bits per heavy atom. The maximum absolute atomic E-state index is 13.1. The van der Waals surface area contributed by atoms with Crippen LogP contribution in [0.5, 0.6) is 0 Å². The summed E-state index contributed by atoms with van der Waals surface area (Å²) in [5.74, 6) is 0.267. The molecule has 1 saturated heterocycles. The second-order valence-corrected chi connectivity index (χ2v) is 6.54. The van der Waals surface area contributed by atoms with Gasteiger partial charge in [0.1, 0.15) is 6.04 Å². The molecule has 0 saturated carbocycles. The third-order valence-electron chi connectivity index (χ3n) is 5.00. The lowest BCUT2D eigenvalue weighted by atomic mass is 10.1. The Morgan fingerprint density at radius 1 is 1.00 bits per heavy atom. The predicted octanol–water partition coefficient (Wildman–Crippen LogP) is 2.05. The van der Waals surface area contributed by atoms with Crippen LogP contribution in [0, 0.1) is 0 Å². The third kappa shape index (κ3) is 2.89. The number of para-hydroxylation sites is 1. The van der Waals surface area contributed by atoms with E-state index < -0.39 is 0 Å². The van der Waals surface area contributed by atoms with Gasteiger partial charge in [0.05, 0.1) is 0 Å². The zero-order valence-corrected chi connectivity index (χ0v) is 13.8. The Bertz CT molecular complexity index is 710. The number of piperazine rings is 1. The third-order valence-corrected chi connectivity index (χ3v) is 5.00. The first-order chi connectivity index (χ1) is 11.8. The molecule has 1 N–H and O–H groups in total. The number of carbonyl (C=O) groups excluding carboxylic acids is 1. The molecule has 0 bridgehead atoms. The summed E-state index contributed by atoms with van der Waals surface area (Å²) < 4.78 is 0. The van der Waals surface area contributed by atoms with Crippen molar-refractivity contribution < 1.29 is 4.79 Å². The van der Waals surface area contributed by atoms with E-state index >= 15 is 0 Å². The van der Waals surface area contributed by atoms with Crippen molar-refractivity contribution in [1.82, 2.24) is 10.2 Å². The molecular weight excluding hydrogens is 298 g/mol. The summed E-state index contributed by atoms with van der Waals surface area (Å²) in [5.41, 5.74) is 3.73. The lowest BCUT2D eigenvalue weighted by Gasteiger charge is -2.34. The summed E-state index contributed by atoms with van der Waals surface area (Å²) in [6.45, 7) is 4.18. The largest absolute Gasteiger partial charge is 0.355 e. The molecule has 24 heavy (non-hydrogen) atoms. The topological polar surface area (TPSA) is 35.6 Å². The van der Waals surface area contributed by atoms with Crippen molar-refractivity contribution in [3.63, 3.8) is 0 Å². The van der Waals surface area contributed by atoms with E-state index in [1.54, 1.807) is 0 Å². The molecule has 4 nitrogen and oxygen atoms in total. The maximum atomic E-state index is 13.1. The number of nitrogens with zero attached hydrogens (tertiary/aromatic N) is 2. The standard InChI is InChI=1S/C20H23N3O/c24-20(22-12-10-21-11-13-22)19-14-17-8-4-5-9-18(17)23(19)15-16-6-2-1-3-7-16/h1-9,19,21H,10-15H2. The van der Waals surface area contributed by atoms with E-state index in [4.69, 9.17) is 0 Å². The number of nitrogens with one attached hydrogen (secondary N) is 1. The number of hydrogen-bond acceptors (Lipinski definition) is 3. The van der Waals surface area contributed by atoms with Crippen molar-refractivity contribution in [1.29, 1.82) is 0 Å². The Labute approximate surface area is 143 Å². The van der Waals surface area contributed by atoms with E-state index in [-0.39, 0.29) is 11.9 Å². The van der Waals surface area contributed by atoms with Gasteiger partial charge < -0.3 is 15.1 Å². The van der Waals surface area contributed by atoms with Crippen LogP contribution in [0.4, 0.5) is 5.69 Å². The molecule has 124 valence electrons. The van der Waals surface area contributed by atoms with Gasteiger partial charge in [0.2, 0.25) is 5.91 Å². The lowest BCUT2D eigenvalue weighted by molar-refractivity contribution is -0.133. The van der Waals surface area contributed by atoms with Crippen LogP contribution in [0.15, 0.2) is 54.6 Å². The van der Waals surface area contributed by atoms with Crippen LogP contribution < -0.4 is 10.2 Å². The van der Waals surface area contributed by atoms with Crippen LogP contribution in [-0.2, 0) is 17.8 Å². The van der Waals surface area contributed by atoms with Crippen molar-refractivity contribution in [3.05, 3.63) is 65.7 Å². The van der Waals surface area contributed by atoms with Crippen molar-refractivity contribution in [2.24, 2.45) is 0 Å². The average Bonchev–Trinajstić information content (AvgIpc) is 3.01. The number of carbonyl (C=O) groups is 1. The molecule has 1 atom stereocenters. The molecular formula is C20H23N3O. The fraction of sp³-hybridized carbons (Fsp3) is 0.350. The minimum Gasteiger partial charge on any atom is -0.355 e. The Morgan fingerprint density at radius 3 is 2.50 bits per heavy atom. The Balaban J connectivity index is 1.61. The summed E-state index contributed by atoms with van der Waals surface area (Å²) in [6, 6.07) is 18.8. The van der Waals surface area contributed by atoms with Gasteiger partial charge in [-0.3, -0.25) is 4.79 Å². The number of benzene rings is 2. The van der Waals surface area contributed by atoms with Crippen LogP contribution in [0.25, 0.3) is 0 Å². The van der Waals surface area contributed by atoms with Gasteiger partial charge in [-0.2, -0.15) is 0 Å². The van der Waals surface area contributed by atoms with E-state index in [0.717, 1.165) is 39.1 Å². The van der Waals surface area contributed by atoms with Crippen LogP contribution >= 0.6 is 0 Å². The van der Waals surface area contributed by atoms with Crippen LogP contribution in [0.3, 0.4) is 0 Å². The highest BCUT2D eigenvalue weighted by atomic mass is 16.2. The van der Waals surface area contributed by atoms with Crippen LogP contribution in [0.1, 0.15) is 11.1 Å². The van der Waals surface area contributed by atoms with E-state index in [9.17, 15) is 4.79 Å². The first-order valence-electron chi connectivity index (χ1n) is 8.71. The van der Waals surface area contributed by atoms with E-state index in [0.29, 0.717) is 0 Å². The number of amides is 1. The first-order valence-corrected chi connectivity index (χ1v) is 8.71. The predicted molar refractivity (Wildman–Crippen MR) is 96.0 cm³/mol. The summed E-state index contributed by atoms with van der Waals surface area (Å²) in [5, 5.41) is 3.32. The van der Waals surface area contributed by atoms with E-state index in [1.165, 1.54) is 16.8 Å². The molecule has 2 aromatic carbocycles. The molecule has 0 radical (unpaired) electrons. The number of hydrogen-bond donors (Lipinski definition) is 1. The molecule has 1 amide bonds. The maximum Gasteiger partial charge on any atom is 0.245 e. The normalized spacial score (nSPS) is 20.1. The molecule has 2 aromatic rings. The highest BCUT2D eigenvalue weighted by molar-refractivity contribution is 5.88. The minimum atomic E-state index is -0.0827. The molecule has 2 heterocycles.